The third-order valence-corrected chi connectivity index (χ3v) is 5.80. The van der Waals surface area contributed by atoms with Crippen LogP contribution in [-0.2, 0) is 9.53 Å². The van der Waals surface area contributed by atoms with E-state index < -0.39 is 29.5 Å². The second-order valence-corrected chi connectivity index (χ2v) is 9.28. The summed E-state index contributed by atoms with van der Waals surface area (Å²) in [5, 5.41) is 3.10. The molecule has 1 heterocycles. The standard InChI is InChI=1S/C23H24ClFN2O3/c1-23(2,3)30-22(29)27-12-13-11-16(13)20(27)21(28)26-18-10-6-8-15(19(18)25)14-7-4-5-9-17(14)24/h4-10,13,16,20H,11-12H2,1-3H3,(H,26,28)/t13?,16-,20-/m0/s1. The first-order valence-corrected chi connectivity index (χ1v) is 10.4. The molecule has 1 saturated heterocycles. The highest BCUT2D eigenvalue weighted by Gasteiger charge is 2.57. The number of piperidine rings is 1. The minimum Gasteiger partial charge on any atom is -0.444 e. The average Bonchev–Trinajstić information content (AvgIpc) is 3.32. The third kappa shape index (κ3) is 4.01. The first-order valence-electron chi connectivity index (χ1n) is 9.99. The molecule has 1 aliphatic heterocycles. The lowest BCUT2D eigenvalue weighted by molar-refractivity contribution is -0.121. The molecular weight excluding hydrogens is 407 g/mol. The monoisotopic (exact) mass is 430 g/mol. The zero-order valence-corrected chi connectivity index (χ0v) is 17.9. The van der Waals surface area contributed by atoms with Crippen LogP contribution in [0.25, 0.3) is 11.1 Å². The Morgan fingerprint density at radius 1 is 1.13 bits per heavy atom. The lowest BCUT2D eigenvalue weighted by Gasteiger charge is -2.29. The average molecular weight is 431 g/mol. The van der Waals surface area contributed by atoms with Crippen LogP contribution in [0.15, 0.2) is 42.5 Å². The summed E-state index contributed by atoms with van der Waals surface area (Å²) in [6.45, 7) is 5.84. The van der Waals surface area contributed by atoms with Crippen LogP contribution in [0.4, 0.5) is 14.9 Å². The normalized spacial score (nSPS) is 22.4. The van der Waals surface area contributed by atoms with Crippen molar-refractivity contribution in [3.05, 3.63) is 53.3 Å². The van der Waals surface area contributed by atoms with Gasteiger partial charge >= 0.3 is 6.09 Å². The highest BCUT2D eigenvalue weighted by Crippen LogP contribution is 2.50. The number of nitrogens with one attached hydrogen (secondary N) is 1. The molecule has 1 N–H and O–H groups in total. The Bertz CT molecular complexity index is 1000. The van der Waals surface area contributed by atoms with Gasteiger partial charge in [0, 0.05) is 22.7 Å². The van der Waals surface area contributed by atoms with Gasteiger partial charge in [0.05, 0.1) is 5.69 Å². The van der Waals surface area contributed by atoms with Crippen molar-refractivity contribution in [2.45, 2.75) is 38.8 Å². The van der Waals surface area contributed by atoms with Gasteiger partial charge in [0.1, 0.15) is 11.6 Å². The van der Waals surface area contributed by atoms with Gasteiger partial charge in [-0.15, -0.1) is 0 Å². The number of carbonyl (C=O) groups excluding carboxylic acids is 2. The van der Waals surface area contributed by atoms with Crippen LogP contribution < -0.4 is 5.32 Å². The molecule has 2 fully saturated rings. The van der Waals surface area contributed by atoms with Crippen molar-refractivity contribution in [3.63, 3.8) is 0 Å². The van der Waals surface area contributed by atoms with Gasteiger partial charge in [0.25, 0.3) is 0 Å². The van der Waals surface area contributed by atoms with E-state index in [0.29, 0.717) is 28.6 Å². The Hall–Kier alpha value is -2.60. The van der Waals surface area contributed by atoms with Crippen molar-refractivity contribution in [3.8, 4) is 11.1 Å². The summed E-state index contributed by atoms with van der Waals surface area (Å²) in [4.78, 5) is 27.1. The molecule has 2 aromatic rings. The number of carbonyl (C=O) groups is 2. The summed E-state index contributed by atoms with van der Waals surface area (Å²) in [5.74, 6) is -0.575. The first-order chi connectivity index (χ1) is 14.2. The molecule has 3 atom stereocenters. The van der Waals surface area contributed by atoms with Gasteiger partial charge in [-0.2, -0.15) is 0 Å². The number of likely N-dealkylation sites (tertiary alicyclic amines) is 1. The van der Waals surface area contributed by atoms with E-state index in [-0.39, 0.29) is 11.6 Å². The number of rotatable bonds is 3. The van der Waals surface area contributed by atoms with Crippen LogP contribution in [0, 0.1) is 17.7 Å². The van der Waals surface area contributed by atoms with Gasteiger partial charge in [-0.05, 0) is 51.2 Å². The maximum atomic E-state index is 15.2. The van der Waals surface area contributed by atoms with E-state index in [4.69, 9.17) is 16.3 Å². The Balaban J connectivity index is 1.56. The highest BCUT2D eigenvalue weighted by atomic mass is 35.5. The fourth-order valence-electron chi connectivity index (χ4n) is 4.03. The molecule has 5 nitrogen and oxygen atoms in total. The summed E-state index contributed by atoms with van der Waals surface area (Å²) in [5.41, 5.74) is 0.260. The van der Waals surface area contributed by atoms with E-state index in [2.05, 4.69) is 5.32 Å². The van der Waals surface area contributed by atoms with Crippen molar-refractivity contribution in [2.75, 3.05) is 11.9 Å². The third-order valence-electron chi connectivity index (χ3n) is 5.47. The van der Waals surface area contributed by atoms with Gasteiger partial charge in [-0.3, -0.25) is 9.69 Å². The molecule has 0 bridgehead atoms. The fraction of sp³-hybridized carbons (Fsp3) is 0.391. The van der Waals surface area contributed by atoms with Gasteiger partial charge < -0.3 is 10.1 Å². The number of hydrogen-bond donors (Lipinski definition) is 1. The Labute approximate surface area is 180 Å². The van der Waals surface area contributed by atoms with Gasteiger partial charge in [0.15, 0.2) is 5.82 Å². The number of nitrogens with zero attached hydrogens (tertiary/aromatic N) is 1. The topological polar surface area (TPSA) is 58.6 Å². The summed E-state index contributed by atoms with van der Waals surface area (Å²) in [6.07, 6.45) is 0.375. The van der Waals surface area contributed by atoms with E-state index in [9.17, 15) is 9.59 Å². The van der Waals surface area contributed by atoms with Crippen molar-refractivity contribution in [1.82, 2.24) is 4.90 Å². The van der Waals surface area contributed by atoms with E-state index >= 15 is 4.39 Å². The van der Waals surface area contributed by atoms with Crippen LogP contribution in [0.3, 0.4) is 0 Å². The number of fused-ring (bicyclic) bond motifs is 1. The maximum Gasteiger partial charge on any atom is 0.410 e. The Morgan fingerprint density at radius 3 is 2.53 bits per heavy atom. The molecule has 2 aromatic carbocycles. The van der Waals surface area contributed by atoms with Crippen molar-refractivity contribution in [1.29, 1.82) is 0 Å². The van der Waals surface area contributed by atoms with Crippen LogP contribution >= 0.6 is 11.6 Å². The predicted molar refractivity (Wildman–Crippen MR) is 114 cm³/mol. The molecule has 0 radical (unpaired) electrons. The van der Waals surface area contributed by atoms with Crippen LogP contribution in [0.1, 0.15) is 27.2 Å². The summed E-state index contributed by atoms with van der Waals surface area (Å²) < 4.78 is 20.6. The number of hydrogen-bond acceptors (Lipinski definition) is 3. The van der Waals surface area contributed by atoms with Crippen molar-refractivity contribution < 1.29 is 18.7 Å². The van der Waals surface area contributed by atoms with Gasteiger partial charge in [-0.25, -0.2) is 9.18 Å². The largest absolute Gasteiger partial charge is 0.444 e. The zero-order valence-electron chi connectivity index (χ0n) is 17.1. The number of ether oxygens (including phenoxy) is 1. The molecular formula is C23H24ClFN2O3. The van der Waals surface area contributed by atoms with E-state index in [1.807, 2.05) is 0 Å². The lowest BCUT2D eigenvalue weighted by atomic mass is 10.0. The molecule has 2 amide bonds. The molecule has 1 unspecified atom stereocenters. The predicted octanol–water partition coefficient (Wildman–Crippen LogP) is 5.34. The van der Waals surface area contributed by atoms with Crippen molar-refractivity contribution >= 4 is 29.3 Å². The summed E-state index contributed by atoms with van der Waals surface area (Å²) in [7, 11) is 0. The van der Waals surface area contributed by atoms with E-state index in [1.54, 1.807) is 57.2 Å². The quantitative estimate of drug-likeness (QED) is 0.715. The minimum atomic E-state index is -0.659. The Morgan fingerprint density at radius 2 is 1.83 bits per heavy atom. The molecule has 30 heavy (non-hydrogen) atoms. The lowest BCUT2D eigenvalue weighted by Crippen LogP contribution is -2.47. The van der Waals surface area contributed by atoms with Gasteiger partial charge in [-0.1, -0.05) is 41.9 Å². The summed E-state index contributed by atoms with van der Waals surface area (Å²) in [6, 6.07) is 11.1. The second kappa shape index (κ2) is 7.58. The molecule has 158 valence electrons. The van der Waals surface area contributed by atoms with Gasteiger partial charge in [0.2, 0.25) is 5.91 Å². The van der Waals surface area contributed by atoms with E-state index in [1.165, 1.54) is 11.0 Å². The second-order valence-electron chi connectivity index (χ2n) is 8.87. The Kier molecular flexibility index (Phi) is 5.22. The molecule has 1 aliphatic carbocycles. The van der Waals surface area contributed by atoms with Crippen LogP contribution in [-0.4, -0.2) is 35.1 Å². The fourth-order valence-corrected chi connectivity index (χ4v) is 4.27. The number of benzene rings is 2. The van der Waals surface area contributed by atoms with Crippen LogP contribution in [0.5, 0.6) is 0 Å². The number of amides is 2. The minimum absolute atomic E-state index is 0.0608. The molecule has 1 saturated carbocycles. The highest BCUT2D eigenvalue weighted by molar-refractivity contribution is 6.33. The number of anilines is 1. The van der Waals surface area contributed by atoms with E-state index in [0.717, 1.165) is 6.42 Å². The molecule has 4 rings (SSSR count). The first kappa shape index (κ1) is 20.7. The number of halogens is 2. The maximum absolute atomic E-state index is 15.2. The molecule has 7 heteroatoms. The zero-order chi connectivity index (χ0) is 21.6. The summed E-state index contributed by atoms with van der Waals surface area (Å²) >= 11 is 6.21. The van der Waals surface area contributed by atoms with Crippen LogP contribution in [0.2, 0.25) is 5.02 Å². The SMILES string of the molecule is CC(C)(C)OC(=O)N1CC2C[C@@H]2[C@H]1C(=O)Nc1cccc(-c2ccccc2Cl)c1F. The van der Waals surface area contributed by atoms with Crippen molar-refractivity contribution in [2.24, 2.45) is 11.8 Å². The smallest absolute Gasteiger partial charge is 0.410 e. The molecule has 2 aliphatic rings. The molecule has 0 spiro atoms. The molecule has 0 aromatic heterocycles.